The molecule has 0 aliphatic rings. The molecule has 0 saturated heterocycles. The lowest BCUT2D eigenvalue weighted by atomic mass is 10.1. The van der Waals surface area contributed by atoms with Crippen LogP contribution in [0.1, 0.15) is 15.9 Å². The number of methoxy groups -OCH3 is 1. The third kappa shape index (κ3) is 4.39. The summed E-state index contributed by atoms with van der Waals surface area (Å²) in [5, 5.41) is 8.63. The zero-order valence-electron chi connectivity index (χ0n) is 12.5. The lowest BCUT2D eigenvalue weighted by molar-refractivity contribution is 0.0947. The minimum Gasteiger partial charge on any atom is -0.496 e. The number of nitrogens with two attached hydrogens (primary N) is 1. The maximum absolute atomic E-state index is 12.4. The number of amides is 1. The minimum absolute atomic E-state index is 0.0501. The molecule has 24 heavy (non-hydrogen) atoms. The van der Waals surface area contributed by atoms with Crippen molar-refractivity contribution in [3.63, 3.8) is 0 Å². The number of ether oxygens (including phenoxy) is 1. The summed E-state index contributed by atoms with van der Waals surface area (Å²) in [5.41, 5.74) is 0.713. The third-order valence-electron chi connectivity index (χ3n) is 3.20. The molecule has 1 amide bonds. The van der Waals surface area contributed by atoms with Gasteiger partial charge in [0.15, 0.2) is 0 Å². The van der Waals surface area contributed by atoms with E-state index in [1.54, 1.807) is 18.2 Å². The molecule has 128 valence electrons. The fourth-order valence-electron chi connectivity index (χ4n) is 1.98. The molecule has 2 aromatic carbocycles. The fourth-order valence-corrected chi connectivity index (χ4v) is 2.99. The zero-order chi connectivity index (χ0) is 17.9. The maximum atomic E-state index is 12.4. The Morgan fingerprint density at radius 3 is 2.50 bits per heavy atom. The highest BCUT2D eigenvalue weighted by molar-refractivity contribution is 7.89. The molecule has 0 atom stereocenters. The highest BCUT2D eigenvalue weighted by atomic mass is 35.5. The van der Waals surface area contributed by atoms with Gasteiger partial charge in [0.1, 0.15) is 5.75 Å². The van der Waals surface area contributed by atoms with E-state index in [1.807, 2.05) is 0 Å². The van der Waals surface area contributed by atoms with Gasteiger partial charge >= 0.3 is 0 Å². The van der Waals surface area contributed by atoms with Crippen LogP contribution in [0.2, 0.25) is 10.0 Å². The van der Waals surface area contributed by atoms with E-state index in [0.717, 1.165) is 6.07 Å². The topological polar surface area (TPSA) is 98.5 Å². The lowest BCUT2D eigenvalue weighted by Gasteiger charge is -2.11. The first kappa shape index (κ1) is 18.5. The predicted octanol–water partition coefficient (Wildman–Crippen LogP) is 2.58. The highest BCUT2D eigenvalue weighted by Gasteiger charge is 2.17. The van der Waals surface area contributed by atoms with Gasteiger partial charge in [0, 0.05) is 16.6 Å². The van der Waals surface area contributed by atoms with Crippen molar-refractivity contribution in [2.45, 2.75) is 11.4 Å². The minimum atomic E-state index is -3.93. The molecule has 0 spiro atoms. The number of nitrogens with one attached hydrogen (secondary N) is 1. The predicted molar refractivity (Wildman–Crippen MR) is 92.0 cm³/mol. The Morgan fingerprint density at radius 1 is 1.21 bits per heavy atom. The summed E-state index contributed by atoms with van der Waals surface area (Å²) >= 11 is 11.9. The molecule has 6 nitrogen and oxygen atoms in total. The van der Waals surface area contributed by atoms with Crippen molar-refractivity contribution in [1.29, 1.82) is 0 Å². The number of benzene rings is 2. The normalized spacial score (nSPS) is 11.2. The van der Waals surface area contributed by atoms with Crippen LogP contribution >= 0.6 is 23.2 Å². The molecule has 0 saturated carbocycles. The molecule has 0 aromatic heterocycles. The van der Waals surface area contributed by atoms with Crippen LogP contribution in [-0.4, -0.2) is 21.4 Å². The van der Waals surface area contributed by atoms with Gasteiger partial charge in [-0.15, -0.1) is 0 Å². The summed E-state index contributed by atoms with van der Waals surface area (Å²) < 4.78 is 28.0. The first-order valence-electron chi connectivity index (χ1n) is 6.65. The van der Waals surface area contributed by atoms with Gasteiger partial charge in [-0.2, -0.15) is 0 Å². The number of sulfonamides is 1. The van der Waals surface area contributed by atoms with Gasteiger partial charge in [-0.05, 0) is 35.9 Å². The van der Waals surface area contributed by atoms with Crippen LogP contribution in [0.5, 0.6) is 5.75 Å². The van der Waals surface area contributed by atoms with E-state index < -0.39 is 15.9 Å². The van der Waals surface area contributed by atoms with Crippen LogP contribution in [0.15, 0.2) is 41.3 Å². The van der Waals surface area contributed by atoms with Crippen LogP contribution in [0, 0.1) is 0 Å². The Kier molecular flexibility index (Phi) is 5.71. The second kappa shape index (κ2) is 7.40. The van der Waals surface area contributed by atoms with Crippen LogP contribution in [0.3, 0.4) is 0 Å². The Hall–Kier alpha value is -1.80. The molecule has 2 aromatic rings. The van der Waals surface area contributed by atoms with Gasteiger partial charge in [0.25, 0.3) is 5.91 Å². The van der Waals surface area contributed by atoms with E-state index in [1.165, 1.54) is 19.2 Å². The Labute approximate surface area is 149 Å². The molecule has 9 heteroatoms. The summed E-state index contributed by atoms with van der Waals surface area (Å²) in [4.78, 5) is 12.2. The van der Waals surface area contributed by atoms with Gasteiger partial charge in [0.2, 0.25) is 10.0 Å². The number of rotatable bonds is 5. The fraction of sp³-hybridized carbons (Fsp3) is 0.133. The van der Waals surface area contributed by atoms with Crippen molar-refractivity contribution in [2.75, 3.05) is 7.11 Å². The molecule has 0 aliphatic heterocycles. The number of carbonyl (C=O) groups excluding carboxylic acids is 1. The number of hydrogen-bond donors (Lipinski definition) is 2. The number of hydrogen-bond acceptors (Lipinski definition) is 4. The summed E-state index contributed by atoms with van der Waals surface area (Å²) in [6.07, 6.45) is 0. The molecule has 0 heterocycles. The van der Waals surface area contributed by atoms with Crippen LogP contribution in [0.4, 0.5) is 0 Å². The number of primary sulfonamides is 1. The smallest absolute Gasteiger partial charge is 0.255 e. The van der Waals surface area contributed by atoms with E-state index >= 15 is 0 Å². The Morgan fingerprint density at radius 2 is 1.92 bits per heavy atom. The van der Waals surface area contributed by atoms with Crippen LogP contribution in [0.25, 0.3) is 0 Å². The summed E-state index contributed by atoms with van der Waals surface area (Å²) in [6, 6.07) is 8.69. The van der Waals surface area contributed by atoms with Crippen molar-refractivity contribution >= 4 is 39.1 Å². The number of carbonyl (C=O) groups is 1. The molecule has 0 aliphatic carbocycles. The van der Waals surface area contributed by atoms with Crippen molar-refractivity contribution in [3.05, 3.63) is 57.6 Å². The standard InChI is InChI=1S/C15H14Cl2N2O4S/c1-23-14-5-4-11(24(18,21)22)7-12(14)15(20)19-8-9-2-3-10(16)6-13(9)17/h2-7H,8H2,1H3,(H,19,20)(H2,18,21,22). The average Bonchev–Trinajstić information content (AvgIpc) is 2.52. The number of halogens is 2. The molecule has 0 radical (unpaired) electrons. The van der Waals surface area contributed by atoms with Crippen molar-refractivity contribution in [2.24, 2.45) is 5.14 Å². The molecule has 0 unspecified atom stereocenters. The van der Waals surface area contributed by atoms with E-state index in [0.29, 0.717) is 15.6 Å². The Bertz CT molecular complexity index is 885. The SMILES string of the molecule is COc1ccc(S(N)(=O)=O)cc1C(=O)NCc1ccc(Cl)cc1Cl. The van der Waals surface area contributed by atoms with Gasteiger partial charge in [-0.25, -0.2) is 13.6 Å². The molecular weight excluding hydrogens is 375 g/mol. The highest BCUT2D eigenvalue weighted by Crippen LogP contribution is 2.23. The molecule has 0 fully saturated rings. The van der Waals surface area contributed by atoms with Crippen LogP contribution < -0.4 is 15.2 Å². The Balaban J connectivity index is 2.25. The molecule has 2 rings (SSSR count). The molecule has 3 N–H and O–H groups in total. The third-order valence-corrected chi connectivity index (χ3v) is 4.70. The van der Waals surface area contributed by atoms with Crippen molar-refractivity contribution in [1.82, 2.24) is 5.32 Å². The van der Waals surface area contributed by atoms with E-state index in [-0.39, 0.29) is 22.8 Å². The van der Waals surface area contributed by atoms with E-state index in [2.05, 4.69) is 5.32 Å². The van der Waals surface area contributed by atoms with Crippen LogP contribution in [-0.2, 0) is 16.6 Å². The van der Waals surface area contributed by atoms with E-state index in [4.69, 9.17) is 33.1 Å². The molecular formula is C15H14Cl2N2O4S. The van der Waals surface area contributed by atoms with Gasteiger partial charge < -0.3 is 10.1 Å². The first-order chi connectivity index (χ1) is 11.2. The van der Waals surface area contributed by atoms with Gasteiger partial charge in [-0.1, -0.05) is 29.3 Å². The van der Waals surface area contributed by atoms with Gasteiger partial charge in [0.05, 0.1) is 17.6 Å². The summed E-state index contributed by atoms with van der Waals surface area (Å²) in [7, 11) is -2.56. The lowest BCUT2D eigenvalue weighted by Crippen LogP contribution is -2.24. The summed E-state index contributed by atoms with van der Waals surface area (Å²) in [6.45, 7) is 0.137. The van der Waals surface area contributed by atoms with Crippen molar-refractivity contribution < 1.29 is 17.9 Å². The summed E-state index contributed by atoms with van der Waals surface area (Å²) in [5.74, 6) is -0.300. The molecule has 0 bridgehead atoms. The van der Waals surface area contributed by atoms with Crippen molar-refractivity contribution in [3.8, 4) is 5.75 Å². The monoisotopic (exact) mass is 388 g/mol. The first-order valence-corrected chi connectivity index (χ1v) is 8.95. The zero-order valence-corrected chi connectivity index (χ0v) is 14.9. The van der Waals surface area contributed by atoms with Gasteiger partial charge in [-0.3, -0.25) is 4.79 Å². The quantitative estimate of drug-likeness (QED) is 0.821. The average molecular weight is 389 g/mol. The second-order valence-corrected chi connectivity index (χ2v) is 7.23. The maximum Gasteiger partial charge on any atom is 0.255 e. The largest absolute Gasteiger partial charge is 0.496 e. The van der Waals surface area contributed by atoms with E-state index in [9.17, 15) is 13.2 Å². The second-order valence-electron chi connectivity index (χ2n) is 4.83.